The summed E-state index contributed by atoms with van der Waals surface area (Å²) < 4.78 is 9.26. The van der Waals surface area contributed by atoms with Gasteiger partial charge in [-0.05, 0) is 74.5 Å². The minimum Gasteiger partial charge on any atom is -0.455 e. The van der Waals surface area contributed by atoms with Gasteiger partial charge in [-0.15, -0.1) is 0 Å². The molecule has 5 heteroatoms. The summed E-state index contributed by atoms with van der Waals surface area (Å²) in [6.07, 6.45) is 0. The van der Waals surface area contributed by atoms with Gasteiger partial charge in [0.05, 0.1) is 16.6 Å². The predicted octanol–water partition coefficient (Wildman–Crippen LogP) is 14.4. The van der Waals surface area contributed by atoms with E-state index in [9.17, 15) is 0 Å². The van der Waals surface area contributed by atoms with Gasteiger partial charge in [0.15, 0.2) is 17.5 Å². The molecule has 0 spiro atoms. The van der Waals surface area contributed by atoms with E-state index in [0.717, 1.165) is 61.0 Å². The molecule has 0 atom stereocenters. The summed E-state index contributed by atoms with van der Waals surface area (Å²) in [6.45, 7) is 0. The Labute approximate surface area is 343 Å². The topological polar surface area (TPSA) is 56.7 Å². The van der Waals surface area contributed by atoms with Crippen molar-refractivity contribution >= 4 is 76.1 Å². The monoisotopic (exact) mass is 764 g/mol. The summed E-state index contributed by atoms with van der Waals surface area (Å²) in [5.74, 6) is 1.72. The van der Waals surface area contributed by atoms with Gasteiger partial charge >= 0.3 is 0 Å². The van der Waals surface area contributed by atoms with E-state index in [1.165, 1.54) is 48.6 Å². The van der Waals surface area contributed by atoms with Crippen LogP contribution < -0.4 is 0 Å². The number of benzene rings is 10. The highest BCUT2D eigenvalue weighted by atomic mass is 16.3. The van der Waals surface area contributed by atoms with E-state index in [4.69, 9.17) is 19.4 Å². The van der Waals surface area contributed by atoms with Gasteiger partial charge in [0, 0.05) is 43.7 Å². The molecule has 0 saturated heterocycles. The average molecular weight is 765 g/mol. The molecule has 13 aromatic rings. The van der Waals surface area contributed by atoms with Crippen molar-refractivity contribution in [2.45, 2.75) is 0 Å². The van der Waals surface area contributed by atoms with Crippen molar-refractivity contribution in [1.82, 2.24) is 19.5 Å². The molecule has 0 amide bonds. The first-order valence-electron chi connectivity index (χ1n) is 20.3. The molecule has 3 aromatic heterocycles. The molecule has 5 nitrogen and oxygen atoms in total. The maximum absolute atomic E-state index is 6.80. The molecular weight excluding hydrogens is 733 g/mol. The molecule has 0 aliphatic rings. The van der Waals surface area contributed by atoms with E-state index in [1.807, 2.05) is 48.5 Å². The normalized spacial score (nSPS) is 12.0. The van der Waals surface area contributed by atoms with Gasteiger partial charge in [0.2, 0.25) is 0 Å². The van der Waals surface area contributed by atoms with Crippen LogP contribution in [0.2, 0.25) is 0 Å². The van der Waals surface area contributed by atoms with E-state index in [0.29, 0.717) is 17.5 Å². The van der Waals surface area contributed by atoms with Gasteiger partial charge in [-0.3, -0.25) is 0 Å². The number of hydrogen-bond acceptors (Lipinski definition) is 4. The molecule has 0 aliphatic heterocycles. The van der Waals surface area contributed by atoms with E-state index in [2.05, 4.69) is 150 Å². The molecule has 60 heavy (non-hydrogen) atoms. The van der Waals surface area contributed by atoms with Crippen molar-refractivity contribution in [3.05, 3.63) is 194 Å². The maximum Gasteiger partial charge on any atom is 0.167 e. The largest absolute Gasteiger partial charge is 0.455 e. The van der Waals surface area contributed by atoms with Gasteiger partial charge in [-0.25, -0.2) is 15.0 Å². The van der Waals surface area contributed by atoms with Crippen molar-refractivity contribution in [1.29, 1.82) is 0 Å². The summed E-state index contributed by atoms with van der Waals surface area (Å²) >= 11 is 0. The highest BCUT2D eigenvalue weighted by molar-refractivity contribution is 6.38. The Morgan fingerprint density at radius 2 is 0.967 bits per heavy atom. The Morgan fingerprint density at radius 1 is 0.367 bits per heavy atom. The molecule has 0 unspecified atom stereocenters. The third-order valence-electron chi connectivity index (χ3n) is 12.1. The predicted molar refractivity (Wildman–Crippen MR) is 247 cm³/mol. The molecule has 10 aromatic carbocycles. The zero-order valence-electron chi connectivity index (χ0n) is 32.2. The molecule has 0 bridgehead atoms. The smallest absolute Gasteiger partial charge is 0.167 e. The van der Waals surface area contributed by atoms with Gasteiger partial charge in [-0.1, -0.05) is 158 Å². The van der Waals surface area contributed by atoms with Crippen LogP contribution in [0.5, 0.6) is 0 Å². The van der Waals surface area contributed by atoms with Gasteiger partial charge in [0.1, 0.15) is 11.2 Å². The lowest BCUT2D eigenvalue weighted by Gasteiger charge is -2.14. The standard InChI is InChI=1S/C55H32N4O/c1-3-15-33(16-4-1)35-20-13-21-37(29-35)54-56-53(34-17-5-2-6-18-34)57-55(58-54)46-32-38(31-45-42-25-11-12-28-48(42)60-52(45)46)59-47-27-14-26-43-40-23-9-10-24-41(40)44-30-36-19-7-8-22-39(36)51(59)50(44)49(43)47/h1-32H. The number of hydrogen-bond donors (Lipinski definition) is 0. The number of para-hydroxylation sites is 1. The Morgan fingerprint density at radius 3 is 1.78 bits per heavy atom. The second kappa shape index (κ2) is 12.7. The zero-order chi connectivity index (χ0) is 39.3. The van der Waals surface area contributed by atoms with Crippen molar-refractivity contribution in [2.24, 2.45) is 0 Å². The van der Waals surface area contributed by atoms with Crippen LogP contribution in [-0.2, 0) is 0 Å². The first-order valence-corrected chi connectivity index (χ1v) is 20.3. The van der Waals surface area contributed by atoms with Crippen LogP contribution in [0, 0.1) is 0 Å². The fourth-order valence-corrected chi connectivity index (χ4v) is 9.50. The number of nitrogens with zero attached hydrogens (tertiary/aromatic N) is 4. The highest BCUT2D eigenvalue weighted by Gasteiger charge is 2.25. The SMILES string of the molecule is c1ccc(-c2cccc(-c3nc(-c4ccccc4)nc(-c4cc(-n5c6cccc7c8ccccc8c8cc9ccccc9c5c8c76)cc5c4oc4ccccc45)n3)c2)cc1. The van der Waals surface area contributed by atoms with Crippen molar-refractivity contribution in [2.75, 3.05) is 0 Å². The summed E-state index contributed by atoms with van der Waals surface area (Å²) in [4.78, 5) is 15.7. The molecule has 0 aliphatic carbocycles. The molecule has 0 fully saturated rings. The van der Waals surface area contributed by atoms with Crippen LogP contribution in [0.25, 0.3) is 127 Å². The van der Waals surface area contributed by atoms with Crippen LogP contribution in [0.3, 0.4) is 0 Å². The summed E-state index contributed by atoms with van der Waals surface area (Å²) in [6, 6.07) is 68.4. The summed E-state index contributed by atoms with van der Waals surface area (Å²) in [5, 5.41) is 12.0. The molecule has 0 saturated carbocycles. The molecule has 3 heterocycles. The third-order valence-corrected chi connectivity index (χ3v) is 12.1. The summed E-state index contributed by atoms with van der Waals surface area (Å²) in [5.41, 5.74) is 9.70. The van der Waals surface area contributed by atoms with Crippen LogP contribution in [0.1, 0.15) is 0 Å². The van der Waals surface area contributed by atoms with Gasteiger partial charge in [-0.2, -0.15) is 0 Å². The number of aromatic nitrogens is 4. The molecule has 13 rings (SSSR count). The quantitative estimate of drug-likeness (QED) is 0.129. The lowest BCUT2D eigenvalue weighted by molar-refractivity contribution is 0.669. The van der Waals surface area contributed by atoms with Crippen LogP contribution >= 0.6 is 0 Å². The Bertz CT molecular complexity index is 3830. The Hall–Kier alpha value is -8.15. The van der Waals surface area contributed by atoms with Crippen molar-refractivity contribution in [3.63, 3.8) is 0 Å². The van der Waals surface area contributed by atoms with E-state index in [-0.39, 0.29) is 0 Å². The maximum atomic E-state index is 6.80. The molecule has 278 valence electrons. The Kier molecular flexibility index (Phi) is 6.95. The van der Waals surface area contributed by atoms with Gasteiger partial charge in [0.25, 0.3) is 0 Å². The first kappa shape index (κ1) is 32.9. The fourth-order valence-electron chi connectivity index (χ4n) is 9.50. The number of fused-ring (bicyclic) bond motifs is 8. The number of rotatable bonds is 5. The molecule has 0 N–H and O–H groups in total. The zero-order valence-corrected chi connectivity index (χ0v) is 32.2. The average Bonchev–Trinajstić information content (AvgIpc) is 3.88. The van der Waals surface area contributed by atoms with Crippen LogP contribution in [0.4, 0.5) is 0 Å². The Balaban J connectivity index is 1.15. The highest BCUT2D eigenvalue weighted by Crippen LogP contribution is 2.47. The minimum atomic E-state index is 0.540. The first-order chi connectivity index (χ1) is 29.7. The third kappa shape index (κ3) is 4.84. The van der Waals surface area contributed by atoms with Crippen molar-refractivity contribution in [3.8, 4) is 51.0 Å². The van der Waals surface area contributed by atoms with Crippen molar-refractivity contribution < 1.29 is 4.42 Å². The van der Waals surface area contributed by atoms with E-state index < -0.39 is 0 Å². The second-order valence-electron chi connectivity index (χ2n) is 15.5. The lowest BCUT2D eigenvalue weighted by Crippen LogP contribution is -2.02. The van der Waals surface area contributed by atoms with Crippen LogP contribution in [-0.4, -0.2) is 19.5 Å². The number of furan rings is 1. The minimum absolute atomic E-state index is 0.540. The molecule has 0 radical (unpaired) electrons. The molecular formula is C55H32N4O. The van der Waals surface area contributed by atoms with Gasteiger partial charge < -0.3 is 8.98 Å². The second-order valence-corrected chi connectivity index (χ2v) is 15.5. The fraction of sp³-hybridized carbons (Fsp3) is 0. The van der Waals surface area contributed by atoms with E-state index >= 15 is 0 Å². The summed E-state index contributed by atoms with van der Waals surface area (Å²) in [7, 11) is 0. The van der Waals surface area contributed by atoms with Crippen LogP contribution in [0.15, 0.2) is 199 Å². The lowest BCUT2D eigenvalue weighted by atomic mass is 9.92. The van der Waals surface area contributed by atoms with E-state index in [1.54, 1.807) is 0 Å².